The van der Waals surface area contributed by atoms with Crippen molar-refractivity contribution in [3.05, 3.63) is 66.1 Å². The lowest BCUT2D eigenvalue weighted by Crippen LogP contribution is -2.44. The first-order chi connectivity index (χ1) is 13.2. The summed E-state index contributed by atoms with van der Waals surface area (Å²) < 4.78 is 1.77. The molecular weight excluding hydrogens is 340 g/mol. The van der Waals surface area contributed by atoms with E-state index in [1.54, 1.807) is 10.7 Å². The molecule has 5 rings (SSSR count). The van der Waals surface area contributed by atoms with Crippen molar-refractivity contribution in [3.8, 4) is 0 Å². The molecule has 2 saturated heterocycles. The van der Waals surface area contributed by atoms with Gasteiger partial charge in [0.05, 0.1) is 12.2 Å². The third-order valence-electron chi connectivity index (χ3n) is 6.35. The second-order valence-electron chi connectivity index (χ2n) is 7.83. The fourth-order valence-electron chi connectivity index (χ4n) is 5.17. The van der Waals surface area contributed by atoms with Crippen LogP contribution in [-0.4, -0.2) is 49.2 Å². The van der Waals surface area contributed by atoms with Crippen LogP contribution < -0.4 is 0 Å². The molecule has 2 aliphatic rings. The average molecular weight is 362 g/mol. The van der Waals surface area contributed by atoms with Crippen LogP contribution in [0, 0.1) is 5.41 Å². The number of pyridine rings is 1. The first-order valence-corrected chi connectivity index (χ1v) is 9.48. The molecule has 0 unspecified atom stereocenters. The van der Waals surface area contributed by atoms with E-state index in [1.807, 2.05) is 41.4 Å². The van der Waals surface area contributed by atoms with Gasteiger partial charge in [-0.15, -0.1) is 10.2 Å². The lowest BCUT2D eigenvalue weighted by Gasteiger charge is -2.36. The summed E-state index contributed by atoms with van der Waals surface area (Å²) >= 11 is 0. The number of benzene rings is 1. The third-order valence-corrected chi connectivity index (χ3v) is 6.35. The van der Waals surface area contributed by atoms with Crippen LogP contribution in [0.4, 0.5) is 0 Å². The Morgan fingerprint density at radius 1 is 1.19 bits per heavy atom. The molecule has 1 N–H and O–H groups in total. The molecule has 1 amide bonds. The molecule has 0 saturated carbocycles. The number of nitrogens with zero attached hydrogens (tertiary/aromatic N) is 4. The molecule has 3 atom stereocenters. The van der Waals surface area contributed by atoms with E-state index in [0.717, 1.165) is 25.7 Å². The van der Waals surface area contributed by atoms with Gasteiger partial charge in [0.1, 0.15) is 6.33 Å². The van der Waals surface area contributed by atoms with Crippen molar-refractivity contribution in [1.29, 1.82) is 0 Å². The van der Waals surface area contributed by atoms with Crippen molar-refractivity contribution in [1.82, 2.24) is 19.5 Å². The summed E-state index contributed by atoms with van der Waals surface area (Å²) in [6.45, 7) is 0.0992. The molecule has 2 bridgehead atoms. The third kappa shape index (κ3) is 2.47. The summed E-state index contributed by atoms with van der Waals surface area (Å²) in [4.78, 5) is 15.5. The van der Waals surface area contributed by atoms with Crippen LogP contribution in [0.1, 0.15) is 35.2 Å². The highest BCUT2D eigenvalue weighted by molar-refractivity contribution is 6.00. The van der Waals surface area contributed by atoms with Gasteiger partial charge in [-0.25, -0.2) is 0 Å². The van der Waals surface area contributed by atoms with Crippen LogP contribution in [0.25, 0.3) is 5.65 Å². The zero-order valence-corrected chi connectivity index (χ0v) is 15.0. The fourth-order valence-corrected chi connectivity index (χ4v) is 5.17. The molecule has 6 heteroatoms. The Kier molecular flexibility index (Phi) is 3.75. The Bertz CT molecular complexity index is 986. The number of amides is 1. The van der Waals surface area contributed by atoms with Gasteiger partial charge in [-0.1, -0.05) is 30.3 Å². The number of fused-ring (bicyclic) bond motifs is 3. The van der Waals surface area contributed by atoms with Gasteiger partial charge >= 0.3 is 0 Å². The van der Waals surface area contributed by atoms with Crippen molar-refractivity contribution < 1.29 is 9.90 Å². The number of aromatic nitrogens is 3. The summed E-state index contributed by atoms with van der Waals surface area (Å²) in [5, 5.41) is 18.4. The number of carbonyl (C=O) groups is 1. The van der Waals surface area contributed by atoms with Crippen molar-refractivity contribution in [2.45, 2.75) is 37.8 Å². The maximum absolute atomic E-state index is 13.4. The van der Waals surface area contributed by atoms with E-state index in [4.69, 9.17) is 0 Å². The first-order valence-electron chi connectivity index (χ1n) is 9.48. The fraction of sp³-hybridized carbons (Fsp3) is 0.381. The molecule has 138 valence electrons. The predicted molar refractivity (Wildman–Crippen MR) is 100 cm³/mol. The standard InChI is InChI=1S/C21H22N4O2/c26-13-21(11-15-5-2-1-3-6-15)12-16-8-9-18(21)25(16)20(27)17-7-4-10-24-14-22-23-19(17)24/h1-7,10,14,16,18,26H,8-9,11-13H2/t16-,18+,21-/m1/s1. The number of aliphatic hydroxyl groups excluding tert-OH is 1. The van der Waals surface area contributed by atoms with Crippen LogP contribution in [0.2, 0.25) is 0 Å². The van der Waals surface area contributed by atoms with Crippen molar-refractivity contribution in [3.63, 3.8) is 0 Å². The molecule has 2 aromatic heterocycles. The van der Waals surface area contributed by atoms with E-state index in [1.165, 1.54) is 5.56 Å². The van der Waals surface area contributed by atoms with E-state index in [2.05, 4.69) is 22.3 Å². The Morgan fingerprint density at radius 2 is 2.04 bits per heavy atom. The lowest BCUT2D eigenvalue weighted by molar-refractivity contribution is 0.0572. The quantitative estimate of drug-likeness (QED) is 0.773. The van der Waals surface area contributed by atoms with Gasteiger partial charge in [-0.05, 0) is 43.4 Å². The molecule has 2 fully saturated rings. The smallest absolute Gasteiger partial charge is 0.258 e. The average Bonchev–Trinajstić information content (AvgIpc) is 3.41. The lowest BCUT2D eigenvalue weighted by atomic mass is 9.70. The van der Waals surface area contributed by atoms with E-state index >= 15 is 0 Å². The SMILES string of the molecule is O=C(c1cccn2cnnc12)N1[C@@H]2CC[C@H]1[C@](CO)(Cc1ccccc1)C2. The van der Waals surface area contributed by atoms with Crippen LogP contribution in [0.5, 0.6) is 0 Å². The number of hydrogen-bond acceptors (Lipinski definition) is 4. The van der Waals surface area contributed by atoms with Gasteiger partial charge in [-0.2, -0.15) is 0 Å². The van der Waals surface area contributed by atoms with Crippen LogP contribution in [-0.2, 0) is 6.42 Å². The largest absolute Gasteiger partial charge is 0.396 e. The van der Waals surface area contributed by atoms with Crippen molar-refractivity contribution in [2.75, 3.05) is 6.61 Å². The van der Waals surface area contributed by atoms with Crippen molar-refractivity contribution >= 4 is 11.6 Å². The second-order valence-corrected chi connectivity index (χ2v) is 7.83. The molecule has 6 nitrogen and oxygen atoms in total. The minimum atomic E-state index is -0.265. The highest BCUT2D eigenvalue weighted by atomic mass is 16.3. The van der Waals surface area contributed by atoms with Crippen LogP contribution >= 0.6 is 0 Å². The minimum absolute atomic E-state index is 0.00415. The number of aliphatic hydroxyl groups is 1. The number of hydrogen-bond donors (Lipinski definition) is 1. The molecular formula is C21H22N4O2. The summed E-state index contributed by atoms with van der Waals surface area (Å²) in [7, 11) is 0. The van der Waals surface area contributed by atoms with Crippen LogP contribution in [0.15, 0.2) is 55.0 Å². The zero-order valence-electron chi connectivity index (χ0n) is 15.0. The highest BCUT2D eigenvalue weighted by Crippen LogP contribution is 2.51. The molecule has 4 heterocycles. The number of rotatable bonds is 4. The minimum Gasteiger partial charge on any atom is -0.396 e. The second kappa shape index (κ2) is 6.16. The Labute approximate surface area is 157 Å². The summed E-state index contributed by atoms with van der Waals surface area (Å²) in [6.07, 6.45) is 7.05. The molecule has 3 aromatic rings. The summed E-state index contributed by atoms with van der Waals surface area (Å²) in [5.74, 6) is 0.00415. The Hall–Kier alpha value is -2.73. The van der Waals surface area contributed by atoms with Gasteiger partial charge in [0.15, 0.2) is 5.65 Å². The molecule has 0 radical (unpaired) electrons. The van der Waals surface area contributed by atoms with Gasteiger partial charge in [0.25, 0.3) is 5.91 Å². The van der Waals surface area contributed by atoms with E-state index < -0.39 is 0 Å². The number of carbonyl (C=O) groups excluding carboxylic acids is 1. The zero-order chi connectivity index (χ0) is 18.4. The summed E-state index contributed by atoms with van der Waals surface area (Å²) in [5.41, 5.74) is 2.12. The van der Waals surface area contributed by atoms with Crippen molar-refractivity contribution in [2.24, 2.45) is 5.41 Å². The Balaban J connectivity index is 1.49. The van der Waals surface area contributed by atoms with Gasteiger partial charge in [0.2, 0.25) is 0 Å². The molecule has 0 aliphatic carbocycles. The van der Waals surface area contributed by atoms with Crippen LogP contribution in [0.3, 0.4) is 0 Å². The topological polar surface area (TPSA) is 70.7 Å². The maximum atomic E-state index is 13.4. The summed E-state index contributed by atoms with van der Waals surface area (Å²) in [6, 6.07) is 14.2. The maximum Gasteiger partial charge on any atom is 0.258 e. The van der Waals surface area contributed by atoms with E-state index in [0.29, 0.717) is 11.2 Å². The van der Waals surface area contributed by atoms with E-state index in [9.17, 15) is 9.90 Å². The molecule has 0 spiro atoms. The predicted octanol–water partition coefficient (Wildman–Crippen LogP) is 2.33. The van der Waals surface area contributed by atoms with E-state index in [-0.39, 0.29) is 30.0 Å². The molecule has 1 aromatic carbocycles. The molecule has 2 aliphatic heterocycles. The van der Waals surface area contributed by atoms with Gasteiger partial charge in [0, 0.05) is 23.7 Å². The monoisotopic (exact) mass is 362 g/mol. The van der Waals surface area contributed by atoms with Gasteiger partial charge < -0.3 is 10.0 Å². The van der Waals surface area contributed by atoms with Gasteiger partial charge in [-0.3, -0.25) is 9.20 Å². The molecule has 27 heavy (non-hydrogen) atoms. The normalized spacial score (nSPS) is 26.8. The Morgan fingerprint density at radius 3 is 2.85 bits per heavy atom. The first kappa shape index (κ1) is 16.4. The highest BCUT2D eigenvalue weighted by Gasteiger charge is 2.57.